The third-order valence-electron chi connectivity index (χ3n) is 2.91. The van der Waals surface area contributed by atoms with Crippen molar-refractivity contribution < 1.29 is 0 Å². The fourth-order valence-corrected chi connectivity index (χ4v) is 2.14. The van der Waals surface area contributed by atoms with Crippen LogP contribution in [0.2, 0.25) is 0 Å². The fourth-order valence-electron chi connectivity index (χ4n) is 2.14. The van der Waals surface area contributed by atoms with Crippen molar-refractivity contribution in [1.29, 1.82) is 0 Å². The third-order valence-corrected chi connectivity index (χ3v) is 2.91. The van der Waals surface area contributed by atoms with Crippen molar-refractivity contribution in [3.63, 3.8) is 0 Å². The number of benzene rings is 1. The van der Waals surface area contributed by atoms with Crippen LogP contribution in [-0.4, -0.2) is 0 Å². The van der Waals surface area contributed by atoms with Crippen LogP contribution >= 0.6 is 0 Å². The second kappa shape index (κ2) is 5.95. The zero-order valence-electron chi connectivity index (χ0n) is 10.6. The van der Waals surface area contributed by atoms with Gasteiger partial charge in [0, 0.05) is 0 Å². The first kappa shape index (κ1) is 12.3. The molecule has 0 aromatic heterocycles. The lowest BCUT2D eigenvalue weighted by molar-refractivity contribution is 0.523. The van der Waals surface area contributed by atoms with E-state index < -0.39 is 0 Å². The molecule has 0 aliphatic heterocycles. The third kappa shape index (κ3) is 4.07. The summed E-state index contributed by atoms with van der Waals surface area (Å²) < 4.78 is 0. The van der Waals surface area contributed by atoms with Gasteiger partial charge in [-0.25, -0.2) is 0 Å². The van der Waals surface area contributed by atoms with Crippen LogP contribution in [0, 0.1) is 5.92 Å². The van der Waals surface area contributed by atoms with Gasteiger partial charge in [0.05, 0.1) is 0 Å². The van der Waals surface area contributed by atoms with E-state index in [-0.39, 0.29) is 0 Å². The fraction of sp³-hybridized carbons (Fsp3) is 0.600. The second-order valence-corrected chi connectivity index (χ2v) is 5.02. The largest absolute Gasteiger partial charge is 0.0651 e. The molecule has 0 N–H and O–H groups in total. The summed E-state index contributed by atoms with van der Waals surface area (Å²) in [6.07, 6.45) is 3.73. The predicted molar refractivity (Wildman–Crippen MR) is 68.3 cm³/mol. The van der Waals surface area contributed by atoms with E-state index in [0.29, 0.717) is 5.92 Å². The van der Waals surface area contributed by atoms with Gasteiger partial charge in [0.25, 0.3) is 0 Å². The molecule has 1 atom stereocenters. The molecule has 1 unspecified atom stereocenters. The zero-order chi connectivity index (χ0) is 11.3. The lowest BCUT2D eigenvalue weighted by Gasteiger charge is -2.14. The van der Waals surface area contributed by atoms with E-state index in [0.717, 1.165) is 5.92 Å². The quantitative estimate of drug-likeness (QED) is 0.647. The Morgan fingerprint density at radius 2 is 1.60 bits per heavy atom. The van der Waals surface area contributed by atoms with Crippen LogP contribution in [-0.2, 0) is 6.42 Å². The molecule has 0 aliphatic carbocycles. The lowest BCUT2D eigenvalue weighted by atomic mass is 9.91. The topological polar surface area (TPSA) is 0 Å². The average Bonchev–Trinajstić information content (AvgIpc) is 2.18. The number of aryl methyl sites for hydroxylation is 1. The summed E-state index contributed by atoms with van der Waals surface area (Å²) in [5, 5.41) is 0. The second-order valence-electron chi connectivity index (χ2n) is 5.02. The summed E-state index contributed by atoms with van der Waals surface area (Å²) in [4.78, 5) is 0. The number of rotatable bonds is 5. The van der Waals surface area contributed by atoms with Crippen molar-refractivity contribution in [2.75, 3.05) is 0 Å². The molecule has 0 radical (unpaired) electrons. The summed E-state index contributed by atoms with van der Waals surface area (Å²) in [7, 11) is 0. The molecule has 0 nitrogen and oxygen atoms in total. The van der Waals surface area contributed by atoms with Gasteiger partial charge in [-0.1, -0.05) is 58.4 Å². The van der Waals surface area contributed by atoms with Crippen LogP contribution in [0.1, 0.15) is 57.6 Å². The summed E-state index contributed by atoms with van der Waals surface area (Å²) in [6, 6.07) is 9.18. The molecule has 84 valence electrons. The highest BCUT2D eigenvalue weighted by molar-refractivity contribution is 5.25. The molecule has 15 heavy (non-hydrogen) atoms. The van der Waals surface area contributed by atoms with Crippen LogP contribution < -0.4 is 0 Å². The van der Waals surface area contributed by atoms with E-state index in [2.05, 4.69) is 52.0 Å². The van der Waals surface area contributed by atoms with Crippen molar-refractivity contribution in [2.45, 2.75) is 52.9 Å². The highest BCUT2D eigenvalue weighted by Crippen LogP contribution is 2.23. The van der Waals surface area contributed by atoms with Crippen molar-refractivity contribution in [1.82, 2.24) is 0 Å². The first-order valence-electron chi connectivity index (χ1n) is 6.22. The molecule has 0 fully saturated rings. The van der Waals surface area contributed by atoms with Crippen LogP contribution in [0.3, 0.4) is 0 Å². The van der Waals surface area contributed by atoms with Crippen molar-refractivity contribution >= 4 is 0 Å². The summed E-state index contributed by atoms with van der Waals surface area (Å²) >= 11 is 0. The highest BCUT2D eigenvalue weighted by atomic mass is 14.1. The molecule has 1 aromatic carbocycles. The molecular weight excluding hydrogens is 180 g/mol. The smallest absolute Gasteiger partial charge is 0.0188 e. The molecule has 1 aromatic rings. The van der Waals surface area contributed by atoms with Gasteiger partial charge in [-0.3, -0.25) is 0 Å². The average molecular weight is 204 g/mol. The normalized spacial score (nSPS) is 13.1. The first-order valence-corrected chi connectivity index (χ1v) is 6.22. The Balaban J connectivity index is 2.62. The van der Waals surface area contributed by atoms with Gasteiger partial charge < -0.3 is 0 Å². The minimum absolute atomic E-state index is 0.695. The molecule has 0 amide bonds. The maximum Gasteiger partial charge on any atom is -0.0188 e. The van der Waals surface area contributed by atoms with E-state index in [9.17, 15) is 0 Å². The SMILES string of the molecule is CCCc1ccc(C(C)CC(C)C)cc1. The molecule has 0 bridgehead atoms. The van der Waals surface area contributed by atoms with E-state index in [4.69, 9.17) is 0 Å². The minimum atomic E-state index is 0.695. The maximum absolute atomic E-state index is 2.33. The highest BCUT2D eigenvalue weighted by Gasteiger charge is 2.07. The number of hydrogen-bond acceptors (Lipinski definition) is 0. The zero-order valence-corrected chi connectivity index (χ0v) is 10.6. The van der Waals surface area contributed by atoms with Crippen molar-refractivity contribution in [3.8, 4) is 0 Å². The van der Waals surface area contributed by atoms with E-state index in [1.165, 1.54) is 30.4 Å². The van der Waals surface area contributed by atoms with Crippen LogP contribution in [0.25, 0.3) is 0 Å². The molecule has 0 heteroatoms. The predicted octanol–water partition coefficient (Wildman–Crippen LogP) is 4.79. The van der Waals surface area contributed by atoms with Gasteiger partial charge in [0.15, 0.2) is 0 Å². The van der Waals surface area contributed by atoms with Gasteiger partial charge in [-0.2, -0.15) is 0 Å². The Hall–Kier alpha value is -0.780. The van der Waals surface area contributed by atoms with E-state index in [1.54, 1.807) is 0 Å². The molecule has 1 rings (SSSR count). The lowest BCUT2D eigenvalue weighted by Crippen LogP contribution is -1.98. The Kier molecular flexibility index (Phi) is 4.87. The summed E-state index contributed by atoms with van der Waals surface area (Å²) in [6.45, 7) is 9.15. The maximum atomic E-state index is 2.33. The molecule has 0 saturated heterocycles. The Bertz CT molecular complexity index is 269. The standard InChI is InChI=1S/C15H24/c1-5-6-14-7-9-15(10-8-14)13(4)11-12(2)3/h7-10,12-13H,5-6,11H2,1-4H3. The van der Waals surface area contributed by atoms with E-state index in [1.807, 2.05) is 0 Å². The Labute approximate surface area is 94.7 Å². The molecular formula is C15H24. The summed E-state index contributed by atoms with van der Waals surface area (Å²) in [5.74, 6) is 1.48. The summed E-state index contributed by atoms with van der Waals surface area (Å²) in [5.41, 5.74) is 2.96. The van der Waals surface area contributed by atoms with Gasteiger partial charge in [-0.15, -0.1) is 0 Å². The van der Waals surface area contributed by atoms with Gasteiger partial charge in [-0.05, 0) is 35.8 Å². The molecule has 0 spiro atoms. The Morgan fingerprint density at radius 1 is 1.00 bits per heavy atom. The van der Waals surface area contributed by atoms with Gasteiger partial charge >= 0.3 is 0 Å². The van der Waals surface area contributed by atoms with E-state index >= 15 is 0 Å². The molecule has 0 aliphatic rings. The van der Waals surface area contributed by atoms with Crippen molar-refractivity contribution in [3.05, 3.63) is 35.4 Å². The van der Waals surface area contributed by atoms with Crippen LogP contribution in [0.15, 0.2) is 24.3 Å². The first-order chi connectivity index (χ1) is 7.13. The Morgan fingerprint density at radius 3 is 2.07 bits per heavy atom. The molecule has 0 heterocycles. The van der Waals surface area contributed by atoms with Gasteiger partial charge in [0.2, 0.25) is 0 Å². The van der Waals surface area contributed by atoms with Crippen LogP contribution in [0.5, 0.6) is 0 Å². The monoisotopic (exact) mass is 204 g/mol. The molecule has 0 saturated carbocycles. The number of hydrogen-bond donors (Lipinski definition) is 0. The van der Waals surface area contributed by atoms with Gasteiger partial charge in [0.1, 0.15) is 0 Å². The van der Waals surface area contributed by atoms with Crippen molar-refractivity contribution in [2.24, 2.45) is 5.92 Å². The minimum Gasteiger partial charge on any atom is -0.0651 e. The van der Waals surface area contributed by atoms with Crippen LogP contribution in [0.4, 0.5) is 0 Å².